The lowest BCUT2D eigenvalue weighted by molar-refractivity contribution is 0.477. The van der Waals surface area contributed by atoms with Crippen LogP contribution in [0.5, 0.6) is 11.5 Å². The van der Waals surface area contributed by atoms with E-state index in [0.717, 1.165) is 28.0 Å². The summed E-state index contributed by atoms with van der Waals surface area (Å²) in [4.78, 5) is 8.80. The van der Waals surface area contributed by atoms with Crippen molar-refractivity contribution >= 4 is 22.4 Å². The second-order valence-electron chi connectivity index (χ2n) is 6.84. The van der Waals surface area contributed by atoms with Gasteiger partial charge in [-0.2, -0.15) is 0 Å². The molecule has 140 valence electrons. The number of rotatable bonds is 4. The highest BCUT2D eigenvalue weighted by Crippen LogP contribution is 2.31. The SMILES string of the molecule is Cc1cc2ncnc(Nc3cc(Oc4cccc(F)c4)ccc3C)c2cc1C. The summed E-state index contributed by atoms with van der Waals surface area (Å²) in [6.45, 7) is 6.15. The largest absolute Gasteiger partial charge is 0.457 e. The molecule has 4 rings (SSSR count). The van der Waals surface area contributed by atoms with E-state index in [0.29, 0.717) is 11.5 Å². The molecule has 1 aromatic heterocycles. The molecule has 0 bridgehead atoms. The standard InChI is InChI=1S/C23H20FN3O/c1-14-7-8-19(28-18-6-4-5-17(24)11-18)12-21(14)27-23-20-9-15(2)16(3)10-22(20)25-13-26-23/h4-13H,1-3H3,(H,25,26,27). The molecular weight excluding hydrogens is 353 g/mol. The summed E-state index contributed by atoms with van der Waals surface area (Å²) in [5, 5.41) is 4.35. The third kappa shape index (κ3) is 3.64. The molecule has 0 amide bonds. The fourth-order valence-corrected chi connectivity index (χ4v) is 3.01. The Kier molecular flexibility index (Phi) is 4.65. The third-order valence-electron chi connectivity index (χ3n) is 4.74. The molecule has 0 saturated heterocycles. The smallest absolute Gasteiger partial charge is 0.141 e. The topological polar surface area (TPSA) is 47.0 Å². The van der Waals surface area contributed by atoms with E-state index in [4.69, 9.17) is 4.74 Å². The lowest BCUT2D eigenvalue weighted by Crippen LogP contribution is -1.99. The zero-order chi connectivity index (χ0) is 19.7. The van der Waals surface area contributed by atoms with E-state index in [2.05, 4.69) is 41.3 Å². The molecule has 0 fully saturated rings. The van der Waals surface area contributed by atoms with Crippen LogP contribution in [0.3, 0.4) is 0 Å². The number of benzene rings is 3. The first-order valence-corrected chi connectivity index (χ1v) is 9.02. The van der Waals surface area contributed by atoms with Crippen molar-refractivity contribution in [3.05, 3.63) is 83.4 Å². The number of hydrogen-bond acceptors (Lipinski definition) is 4. The summed E-state index contributed by atoms with van der Waals surface area (Å²) >= 11 is 0. The first-order valence-electron chi connectivity index (χ1n) is 9.02. The summed E-state index contributed by atoms with van der Waals surface area (Å²) in [7, 11) is 0. The zero-order valence-electron chi connectivity index (χ0n) is 16.0. The molecule has 5 heteroatoms. The van der Waals surface area contributed by atoms with Gasteiger partial charge in [-0.25, -0.2) is 14.4 Å². The lowest BCUT2D eigenvalue weighted by Gasteiger charge is -2.14. The Labute approximate surface area is 163 Å². The summed E-state index contributed by atoms with van der Waals surface area (Å²) in [5.41, 5.74) is 5.18. The van der Waals surface area contributed by atoms with Gasteiger partial charge in [0.2, 0.25) is 0 Å². The van der Waals surface area contributed by atoms with Crippen LogP contribution < -0.4 is 10.1 Å². The van der Waals surface area contributed by atoms with Gasteiger partial charge in [-0.05, 0) is 67.8 Å². The van der Waals surface area contributed by atoms with Gasteiger partial charge in [0.15, 0.2) is 0 Å². The number of nitrogens with one attached hydrogen (secondary N) is 1. The average Bonchev–Trinajstić information content (AvgIpc) is 2.66. The number of nitrogens with zero attached hydrogens (tertiary/aromatic N) is 2. The Morgan fingerprint density at radius 2 is 1.61 bits per heavy atom. The molecule has 0 radical (unpaired) electrons. The van der Waals surface area contributed by atoms with Crippen molar-refractivity contribution < 1.29 is 9.13 Å². The maximum atomic E-state index is 13.4. The Bertz CT molecular complexity index is 1170. The van der Waals surface area contributed by atoms with E-state index in [1.165, 1.54) is 23.3 Å². The molecule has 1 N–H and O–H groups in total. The Hall–Kier alpha value is -3.47. The second-order valence-corrected chi connectivity index (χ2v) is 6.84. The number of ether oxygens (including phenoxy) is 1. The average molecular weight is 373 g/mol. The van der Waals surface area contributed by atoms with Crippen LogP contribution in [0.1, 0.15) is 16.7 Å². The van der Waals surface area contributed by atoms with E-state index >= 15 is 0 Å². The highest BCUT2D eigenvalue weighted by atomic mass is 19.1. The molecule has 1 heterocycles. The fraction of sp³-hybridized carbons (Fsp3) is 0.130. The number of fused-ring (bicyclic) bond motifs is 1. The van der Waals surface area contributed by atoms with Crippen molar-refractivity contribution in [1.29, 1.82) is 0 Å². The molecule has 0 aliphatic rings. The molecule has 4 aromatic rings. The highest BCUT2D eigenvalue weighted by molar-refractivity contribution is 5.92. The van der Waals surface area contributed by atoms with Gasteiger partial charge < -0.3 is 10.1 Å². The summed E-state index contributed by atoms with van der Waals surface area (Å²) in [6, 6.07) is 15.9. The lowest BCUT2D eigenvalue weighted by atomic mass is 10.1. The van der Waals surface area contributed by atoms with E-state index in [9.17, 15) is 4.39 Å². The number of hydrogen-bond donors (Lipinski definition) is 1. The molecule has 0 spiro atoms. The van der Waals surface area contributed by atoms with Crippen molar-refractivity contribution in [3.63, 3.8) is 0 Å². The minimum atomic E-state index is -0.332. The van der Waals surface area contributed by atoms with Gasteiger partial charge in [-0.15, -0.1) is 0 Å². The van der Waals surface area contributed by atoms with Gasteiger partial charge in [0.05, 0.1) is 5.52 Å². The third-order valence-corrected chi connectivity index (χ3v) is 4.74. The molecule has 0 saturated carbocycles. The van der Waals surface area contributed by atoms with Crippen LogP contribution in [0.2, 0.25) is 0 Å². The van der Waals surface area contributed by atoms with Crippen molar-refractivity contribution in [1.82, 2.24) is 9.97 Å². The fourth-order valence-electron chi connectivity index (χ4n) is 3.01. The molecule has 0 aliphatic carbocycles. The van der Waals surface area contributed by atoms with Crippen LogP contribution in [-0.4, -0.2) is 9.97 Å². The van der Waals surface area contributed by atoms with Gasteiger partial charge in [-0.1, -0.05) is 12.1 Å². The predicted molar refractivity (Wildman–Crippen MR) is 110 cm³/mol. The Morgan fingerprint density at radius 1 is 0.821 bits per heavy atom. The number of anilines is 2. The summed E-state index contributed by atoms with van der Waals surface area (Å²) in [5.74, 6) is 1.47. The Balaban J connectivity index is 1.68. The van der Waals surface area contributed by atoms with E-state index in [1.807, 2.05) is 25.1 Å². The van der Waals surface area contributed by atoms with Crippen molar-refractivity contribution in [2.24, 2.45) is 0 Å². The Morgan fingerprint density at radius 3 is 2.43 bits per heavy atom. The minimum absolute atomic E-state index is 0.332. The quantitative estimate of drug-likeness (QED) is 0.461. The van der Waals surface area contributed by atoms with Crippen molar-refractivity contribution in [2.75, 3.05) is 5.32 Å². The van der Waals surface area contributed by atoms with Gasteiger partial charge >= 0.3 is 0 Å². The predicted octanol–water partition coefficient (Wildman–Crippen LogP) is 6.23. The van der Waals surface area contributed by atoms with Gasteiger partial charge in [0.25, 0.3) is 0 Å². The van der Waals surface area contributed by atoms with E-state index in [1.54, 1.807) is 18.5 Å². The zero-order valence-corrected chi connectivity index (χ0v) is 16.0. The number of halogens is 1. The molecule has 3 aromatic carbocycles. The number of aryl methyl sites for hydroxylation is 3. The molecule has 4 nitrogen and oxygen atoms in total. The maximum absolute atomic E-state index is 13.4. The molecule has 0 aliphatic heterocycles. The van der Waals surface area contributed by atoms with Crippen LogP contribution in [0.25, 0.3) is 10.9 Å². The van der Waals surface area contributed by atoms with Crippen LogP contribution in [0.15, 0.2) is 60.9 Å². The van der Waals surface area contributed by atoms with Gasteiger partial charge in [0, 0.05) is 23.2 Å². The first-order chi connectivity index (χ1) is 13.5. The minimum Gasteiger partial charge on any atom is -0.457 e. The summed E-state index contributed by atoms with van der Waals surface area (Å²) < 4.78 is 19.2. The molecule has 0 unspecified atom stereocenters. The van der Waals surface area contributed by atoms with Crippen molar-refractivity contribution in [2.45, 2.75) is 20.8 Å². The van der Waals surface area contributed by atoms with Crippen LogP contribution in [-0.2, 0) is 0 Å². The van der Waals surface area contributed by atoms with Crippen LogP contribution in [0, 0.1) is 26.6 Å². The first kappa shape index (κ1) is 17.9. The monoisotopic (exact) mass is 373 g/mol. The highest BCUT2D eigenvalue weighted by Gasteiger charge is 2.09. The normalized spacial score (nSPS) is 10.9. The molecule has 0 atom stereocenters. The second kappa shape index (κ2) is 7.27. The summed E-state index contributed by atoms with van der Waals surface area (Å²) in [6.07, 6.45) is 1.56. The van der Waals surface area contributed by atoms with E-state index < -0.39 is 0 Å². The van der Waals surface area contributed by atoms with Gasteiger partial charge in [-0.3, -0.25) is 0 Å². The maximum Gasteiger partial charge on any atom is 0.141 e. The molecular formula is C23H20FN3O. The van der Waals surface area contributed by atoms with Crippen LogP contribution >= 0.6 is 0 Å². The van der Waals surface area contributed by atoms with E-state index in [-0.39, 0.29) is 5.82 Å². The number of aromatic nitrogens is 2. The van der Waals surface area contributed by atoms with Crippen LogP contribution in [0.4, 0.5) is 15.9 Å². The van der Waals surface area contributed by atoms with Crippen molar-refractivity contribution in [3.8, 4) is 11.5 Å². The molecule has 28 heavy (non-hydrogen) atoms. The van der Waals surface area contributed by atoms with Gasteiger partial charge in [0.1, 0.15) is 29.5 Å².